The number of nitrogens with one attached hydrogen (secondary N) is 1. The lowest BCUT2D eigenvalue weighted by molar-refractivity contribution is -0.141. The standard InChI is InChI=1S/C10H17F2NO2/c1-15-9(14)3-2-8-4-6-13-7-5-10(8,11)12/h8,13H,2-7H2,1H3. The summed E-state index contributed by atoms with van der Waals surface area (Å²) in [5.74, 6) is -3.77. The van der Waals surface area contributed by atoms with Crippen molar-refractivity contribution in [1.29, 1.82) is 0 Å². The fourth-order valence-corrected chi connectivity index (χ4v) is 1.82. The molecule has 1 N–H and O–H groups in total. The Hall–Kier alpha value is -0.710. The second kappa shape index (κ2) is 5.39. The lowest BCUT2D eigenvalue weighted by atomic mass is 9.91. The number of alkyl halides is 2. The minimum Gasteiger partial charge on any atom is -0.469 e. The summed E-state index contributed by atoms with van der Waals surface area (Å²) >= 11 is 0. The molecule has 0 saturated carbocycles. The summed E-state index contributed by atoms with van der Waals surface area (Å²) in [4.78, 5) is 10.9. The van der Waals surface area contributed by atoms with Gasteiger partial charge in [0.1, 0.15) is 0 Å². The van der Waals surface area contributed by atoms with Crippen LogP contribution < -0.4 is 5.32 Å². The van der Waals surface area contributed by atoms with E-state index in [1.807, 2.05) is 0 Å². The zero-order valence-corrected chi connectivity index (χ0v) is 8.89. The first kappa shape index (κ1) is 12.4. The van der Waals surface area contributed by atoms with Gasteiger partial charge in [0.25, 0.3) is 5.92 Å². The average Bonchev–Trinajstić information content (AvgIpc) is 2.36. The van der Waals surface area contributed by atoms with Crippen molar-refractivity contribution in [2.75, 3.05) is 20.2 Å². The van der Waals surface area contributed by atoms with Crippen LogP contribution in [0, 0.1) is 5.92 Å². The molecular weight excluding hydrogens is 204 g/mol. The monoisotopic (exact) mass is 221 g/mol. The fourth-order valence-electron chi connectivity index (χ4n) is 1.82. The number of esters is 1. The lowest BCUT2D eigenvalue weighted by Gasteiger charge is -2.23. The van der Waals surface area contributed by atoms with Crippen molar-refractivity contribution in [3.05, 3.63) is 0 Å². The highest BCUT2D eigenvalue weighted by atomic mass is 19.3. The summed E-state index contributed by atoms with van der Waals surface area (Å²) in [7, 11) is 1.27. The molecule has 0 aromatic carbocycles. The molecule has 3 nitrogen and oxygen atoms in total. The topological polar surface area (TPSA) is 38.3 Å². The number of halogens is 2. The van der Waals surface area contributed by atoms with Gasteiger partial charge >= 0.3 is 5.97 Å². The molecule has 0 aliphatic carbocycles. The molecule has 0 amide bonds. The van der Waals surface area contributed by atoms with Gasteiger partial charge in [-0.3, -0.25) is 4.79 Å². The first-order chi connectivity index (χ1) is 7.06. The first-order valence-electron chi connectivity index (χ1n) is 5.21. The highest BCUT2D eigenvalue weighted by Gasteiger charge is 2.39. The maximum absolute atomic E-state index is 13.5. The van der Waals surface area contributed by atoms with Crippen LogP contribution in [0.1, 0.15) is 25.7 Å². The Balaban J connectivity index is 2.45. The van der Waals surface area contributed by atoms with Gasteiger partial charge in [-0.05, 0) is 19.4 Å². The van der Waals surface area contributed by atoms with Gasteiger partial charge in [-0.25, -0.2) is 8.78 Å². The zero-order chi connectivity index (χ0) is 11.3. The van der Waals surface area contributed by atoms with Crippen LogP contribution in [0.4, 0.5) is 8.78 Å². The maximum atomic E-state index is 13.5. The van der Waals surface area contributed by atoms with Crippen molar-refractivity contribution in [2.45, 2.75) is 31.6 Å². The number of carbonyl (C=O) groups is 1. The van der Waals surface area contributed by atoms with Crippen molar-refractivity contribution in [1.82, 2.24) is 5.32 Å². The molecule has 0 radical (unpaired) electrons. The normalized spacial score (nSPS) is 25.7. The first-order valence-corrected chi connectivity index (χ1v) is 5.21. The van der Waals surface area contributed by atoms with Crippen LogP contribution in [0.3, 0.4) is 0 Å². The molecule has 88 valence electrons. The van der Waals surface area contributed by atoms with E-state index in [1.54, 1.807) is 0 Å². The molecule has 0 aromatic rings. The highest BCUT2D eigenvalue weighted by molar-refractivity contribution is 5.69. The van der Waals surface area contributed by atoms with E-state index in [4.69, 9.17) is 0 Å². The van der Waals surface area contributed by atoms with Crippen molar-refractivity contribution < 1.29 is 18.3 Å². The molecule has 1 atom stereocenters. The van der Waals surface area contributed by atoms with E-state index in [2.05, 4.69) is 10.1 Å². The summed E-state index contributed by atoms with van der Waals surface area (Å²) in [5.41, 5.74) is 0. The summed E-state index contributed by atoms with van der Waals surface area (Å²) in [5, 5.41) is 2.94. The number of hydrogen-bond donors (Lipinski definition) is 1. The SMILES string of the molecule is COC(=O)CCC1CCNCCC1(F)F. The molecule has 1 unspecified atom stereocenters. The third-order valence-corrected chi connectivity index (χ3v) is 2.83. The van der Waals surface area contributed by atoms with Gasteiger partial charge in [0.05, 0.1) is 7.11 Å². The molecule has 5 heteroatoms. The van der Waals surface area contributed by atoms with Gasteiger partial charge < -0.3 is 10.1 Å². The van der Waals surface area contributed by atoms with Gasteiger partial charge in [-0.2, -0.15) is 0 Å². The van der Waals surface area contributed by atoms with E-state index < -0.39 is 17.8 Å². The van der Waals surface area contributed by atoms with E-state index in [-0.39, 0.29) is 19.3 Å². The van der Waals surface area contributed by atoms with Gasteiger partial charge in [-0.15, -0.1) is 0 Å². The van der Waals surface area contributed by atoms with Crippen LogP contribution in [0.2, 0.25) is 0 Å². The summed E-state index contributed by atoms with van der Waals surface area (Å²) in [6.45, 7) is 0.948. The predicted octanol–water partition coefficient (Wildman–Crippen LogP) is 1.57. The molecule has 0 bridgehead atoms. The second-order valence-electron chi connectivity index (χ2n) is 3.86. The highest BCUT2D eigenvalue weighted by Crippen LogP contribution is 2.35. The van der Waals surface area contributed by atoms with Crippen LogP contribution in [0.25, 0.3) is 0 Å². The van der Waals surface area contributed by atoms with Crippen LogP contribution in [0.5, 0.6) is 0 Å². The van der Waals surface area contributed by atoms with Crippen molar-refractivity contribution >= 4 is 5.97 Å². The van der Waals surface area contributed by atoms with Crippen molar-refractivity contribution in [3.63, 3.8) is 0 Å². The smallest absolute Gasteiger partial charge is 0.305 e. The van der Waals surface area contributed by atoms with E-state index >= 15 is 0 Å². The lowest BCUT2D eigenvalue weighted by Crippen LogP contribution is -2.28. The quantitative estimate of drug-likeness (QED) is 0.735. The summed E-state index contributed by atoms with van der Waals surface area (Å²) in [6, 6.07) is 0. The molecule has 1 fully saturated rings. The number of carbonyl (C=O) groups excluding carboxylic acids is 1. The molecule has 1 saturated heterocycles. The third-order valence-electron chi connectivity index (χ3n) is 2.83. The number of ether oxygens (including phenoxy) is 1. The number of hydrogen-bond acceptors (Lipinski definition) is 3. The maximum Gasteiger partial charge on any atom is 0.305 e. The van der Waals surface area contributed by atoms with Crippen molar-refractivity contribution in [3.8, 4) is 0 Å². The number of rotatable bonds is 3. The molecule has 0 aromatic heterocycles. The number of methoxy groups -OCH3 is 1. The zero-order valence-electron chi connectivity index (χ0n) is 8.89. The van der Waals surface area contributed by atoms with Crippen LogP contribution >= 0.6 is 0 Å². The Labute approximate surface area is 88.2 Å². The molecule has 1 rings (SSSR count). The molecule has 1 aliphatic rings. The van der Waals surface area contributed by atoms with Crippen LogP contribution in [-0.2, 0) is 9.53 Å². The fraction of sp³-hybridized carbons (Fsp3) is 0.900. The average molecular weight is 221 g/mol. The molecular formula is C10H17F2NO2. The van der Waals surface area contributed by atoms with Crippen LogP contribution in [-0.4, -0.2) is 32.1 Å². The second-order valence-corrected chi connectivity index (χ2v) is 3.86. The molecule has 1 heterocycles. The van der Waals surface area contributed by atoms with E-state index in [9.17, 15) is 13.6 Å². The molecule has 1 aliphatic heterocycles. The van der Waals surface area contributed by atoms with E-state index in [1.165, 1.54) is 7.11 Å². The largest absolute Gasteiger partial charge is 0.469 e. The summed E-state index contributed by atoms with van der Waals surface area (Å²) in [6.07, 6.45) is 0.570. The Bertz CT molecular complexity index is 221. The van der Waals surface area contributed by atoms with Gasteiger partial charge in [0, 0.05) is 25.3 Å². The molecule has 15 heavy (non-hydrogen) atoms. The Kier molecular flexibility index (Phi) is 4.45. The molecule has 0 spiro atoms. The Morgan fingerprint density at radius 1 is 1.53 bits per heavy atom. The van der Waals surface area contributed by atoms with Crippen molar-refractivity contribution in [2.24, 2.45) is 5.92 Å². The third kappa shape index (κ3) is 3.74. The minimum absolute atomic E-state index is 0.0801. The minimum atomic E-state index is -2.66. The van der Waals surface area contributed by atoms with Gasteiger partial charge in [0.15, 0.2) is 0 Å². The Morgan fingerprint density at radius 3 is 2.93 bits per heavy atom. The van der Waals surface area contributed by atoms with Crippen LogP contribution in [0.15, 0.2) is 0 Å². The van der Waals surface area contributed by atoms with Gasteiger partial charge in [-0.1, -0.05) is 0 Å². The predicted molar refractivity (Wildman–Crippen MR) is 51.8 cm³/mol. The summed E-state index contributed by atoms with van der Waals surface area (Å²) < 4.78 is 31.4. The van der Waals surface area contributed by atoms with Gasteiger partial charge in [0.2, 0.25) is 0 Å². The van der Waals surface area contributed by atoms with E-state index in [0.717, 1.165) is 0 Å². The van der Waals surface area contributed by atoms with E-state index in [0.29, 0.717) is 19.5 Å². The Morgan fingerprint density at radius 2 is 2.27 bits per heavy atom.